The SMILES string of the molecule is CC/C=C\C/C=C\C/C=C\C/C=C\CCC(=O)NC(COC1OC(CO)C(OC2OC(CO)C(O)C(O)C2O)C(O)C1O)C(O)CCCCCCCCCCCCCCCCCCCCCCC. The molecule has 0 aromatic heterocycles. The molecule has 396 valence electrons. The van der Waals surface area contributed by atoms with Gasteiger partial charge in [-0.2, -0.15) is 0 Å². The molecule has 1 amide bonds. The lowest BCUT2D eigenvalue weighted by molar-refractivity contribution is -0.359. The maximum Gasteiger partial charge on any atom is 0.220 e. The predicted octanol–water partition coefficient (Wildman–Crippen LogP) is 7.66. The number of hydrogen-bond acceptors (Lipinski definition) is 13. The van der Waals surface area contributed by atoms with Gasteiger partial charge in [-0.15, -0.1) is 0 Å². The normalized spacial score (nSPS) is 26.7. The zero-order chi connectivity index (χ0) is 49.6. The highest BCUT2D eigenvalue weighted by atomic mass is 16.7. The molecule has 2 rings (SSSR count). The average molecular weight is 968 g/mol. The number of nitrogens with one attached hydrogen (secondary N) is 1. The summed E-state index contributed by atoms with van der Waals surface area (Å²) < 4.78 is 22.7. The van der Waals surface area contributed by atoms with Crippen molar-refractivity contribution in [3.05, 3.63) is 48.6 Å². The Labute approximate surface area is 410 Å². The van der Waals surface area contributed by atoms with Gasteiger partial charge in [0, 0.05) is 6.42 Å². The molecule has 14 nitrogen and oxygen atoms in total. The minimum absolute atomic E-state index is 0.182. The van der Waals surface area contributed by atoms with E-state index in [9.17, 15) is 45.6 Å². The van der Waals surface area contributed by atoms with Crippen LogP contribution in [0, 0.1) is 0 Å². The van der Waals surface area contributed by atoms with Crippen molar-refractivity contribution < 1.29 is 64.6 Å². The third-order valence-corrected chi connectivity index (χ3v) is 13.1. The topological polar surface area (TPSA) is 228 Å². The van der Waals surface area contributed by atoms with Gasteiger partial charge in [0.2, 0.25) is 5.91 Å². The van der Waals surface area contributed by atoms with Crippen LogP contribution >= 0.6 is 0 Å². The Kier molecular flexibility index (Phi) is 37.0. The largest absolute Gasteiger partial charge is 0.394 e. The molecule has 0 aromatic carbocycles. The van der Waals surface area contributed by atoms with Gasteiger partial charge in [0.05, 0.1) is 32.0 Å². The number of aliphatic hydroxyl groups excluding tert-OH is 8. The summed E-state index contributed by atoms with van der Waals surface area (Å²) in [5.74, 6) is -0.287. The van der Waals surface area contributed by atoms with Crippen molar-refractivity contribution in [1.29, 1.82) is 0 Å². The molecule has 0 aliphatic carbocycles. The summed E-state index contributed by atoms with van der Waals surface area (Å²) >= 11 is 0. The molecule has 0 bridgehead atoms. The van der Waals surface area contributed by atoms with E-state index in [0.717, 1.165) is 51.4 Å². The van der Waals surface area contributed by atoms with Crippen molar-refractivity contribution in [3.63, 3.8) is 0 Å². The zero-order valence-corrected chi connectivity index (χ0v) is 42.1. The molecule has 0 aromatic rings. The van der Waals surface area contributed by atoms with Gasteiger partial charge in [-0.25, -0.2) is 0 Å². The molecular weight excluding hydrogens is 871 g/mol. The first-order valence-corrected chi connectivity index (χ1v) is 26.9. The van der Waals surface area contributed by atoms with Crippen LogP contribution in [0.1, 0.15) is 194 Å². The molecule has 2 saturated heterocycles. The highest BCUT2D eigenvalue weighted by Gasteiger charge is 2.51. The second kappa shape index (κ2) is 40.5. The van der Waals surface area contributed by atoms with Gasteiger partial charge < -0.3 is 65.1 Å². The number of allylic oxidation sites excluding steroid dienone is 8. The fourth-order valence-electron chi connectivity index (χ4n) is 8.72. The molecule has 2 aliphatic heterocycles. The lowest BCUT2D eigenvalue weighted by atomic mass is 9.97. The van der Waals surface area contributed by atoms with E-state index in [1.165, 1.54) is 109 Å². The van der Waals surface area contributed by atoms with Crippen LogP contribution in [-0.4, -0.2) is 140 Å². The minimum Gasteiger partial charge on any atom is -0.394 e. The Morgan fingerprint density at radius 1 is 0.544 bits per heavy atom. The zero-order valence-electron chi connectivity index (χ0n) is 42.1. The predicted molar refractivity (Wildman–Crippen MR) is 267 cm³/mol. The van der Waals surface area contributed by atoms with Crippen LogP contribution in [0.25, 0.3) is 0 Å². The van der Waals surface area contributed by atoms with Gasteiger partial charge in [-0.1, -0.05) is 197 Å². The lowest BCUT2D eigenvalue weighted by Gasteiger charge is -2.46. The molecule has 2 heterocycles. The van der Waals surface area contributed by atoms with E-state index in [1.807, 2.05) is 12.2 Å². The third-order valence-electron chi connectivity index (χ3n) is 13.1. The highest BCUT2D eigenvalue weighted by Crippen LogP contribution is 2.30. The third kappa shape index (κ3) is 27.0. The molecule has 2 fully saturated rings. The van der Waals surface area contributed by atoms with Crippen LogP contribution in [0.3, 0.4) is 0 Å². The first-order valence-electron chi connectivity index (χ1n) is 26.9. The number of carbonyl (C=O) groups is 1. The summed E-state index contributed by atoms with van der Waals surface area (Å²) in [7, 11) is 0. The van der Waals surface area contributed by atoms with Crippen molar-refractivity contribution in [2.24, 2.45) is 0 Å². The van der Waals surface area contributed by atoms with Crippen molar-refractivity contribution in [3.8, 4) is 0 Å². The Morgan fingerprint density at radius 2 is 0.985 bits per heavy atom. The van der Waals surface area contributed by atoms with E-state index < -0.39 is 86.8 Å². The Bertz CT molecular complexity index is 1330. The van der Waals surface area contributed by atoms with E-state index in [4.69, 9.17) is 18.9 Å². The van der Waals surface area contributed by atoms with Gasteiger partial charge in [0.1, 0.15) is 48.8 Å². The summed E-state index contributed by atoms with van der Waals surface area (Å²) in [6.45, 7) is 2.69. The summed E-state index contributed by atoms with van der Waals surface area (Å²) in [5.41, 5.74) is 0. The van der Waals surface area contributed by atoms with Gasteiger partial charge in [-0.05, 0) is 38.5 Å². The van der Waals surface area contributed by atoms with E-state index in [-0.39, 0.29) is 18.9 Å². The molecule has 9 N–H and O–H groups in total. The number of aliphatic hydroxyl groups is 8. The maximum atomic E-state index is 13.1. The van der Waals surface area contributed by atoms with Crippen LogP contribution < -0.4 is 5.32 Å². The highest BCUT2D eigenvalue weighted by molar-refractivity contribution is 5.76. The number of unbranched alkanes of at least 4 members (excludes halogenated alkanes) is 20. The molecule has 0 spiro atoms. The Hall–Kier alpha value is -2.05. The summed E-state index contributed by atoms with van der Waals surface area (Å²) in [6, 6.07) is -0.867. The quantitative estimate of drug-likeness (QED) is 0.0212. The molecule has 68 heavy (non-hydrogen) atoms. The van der Waals surface area contributed by atoms with Gasteiger partial charge in [0.25, 0.3) is 0 Å². The fraction of sp³-hybridized carbons (Fsp3) is 0.833. The molecule has 0 saturated carbocycles. The van der Waals surface area contributed by atoms with Gasteiger partial charge in [0.15, 0.2) is 12.6 Å². The van der Waals surface area contributed by atoms with Crippen molar-refractivity contribution in [1.82, 2.24) is 5.32 Å². The fourth-order valence-corrected chi connectivity index (χ4v) is 8.72. The van der Waals surface area contributed by atoms with Gasteiger partial charge in [-0.3, -0.25) is 4.79 Å². The summed E-state index contributed by atoms with van der Waals surface area (Å²) in [4.78, 5) is 13.1. The van der Waals surface area contributed by atoms with Crippen molar-refractivity contribution in [2.75, 3.05) is 19.8 Å². The van der Waals surface area contributed by atoms with Gasteiger partial charge >= 0.3 is 0 Å². The number of rotatable bonds is 41. The first kappa shape index (κ1) is 62.1. The molecule has 2 aliphatic rings. The molecular formula is C54H97NO13. The first-order chi connectivity index (χ1) is 33.1. The molecule has 14 heteroatoms. The minimum atomic E-state index is -1.79. The average Bonchev–Trinajstić information content (AvgIpc) is 3.34. The van der Waals surface area contributed by atoms with Crippen LogP contribution in [0.2, 0.25) is 0 Å². The number of ether oxygens (including phenoxy) is 4. The van der Waals surface area contributed by atoms with Crippen molar-refractivity contribution >= 4 is 5.91 Å². The second-order valence-electron chi connectivity index (χ2n) is 19.0. The van der Waals surface area contributed by atoms with Crippen LogP contribution in [-0.2, 0) is 23.7 Å². The Morgan fingerprint density at radius 3 is 1.47 bits per heavy atom. The standard InChI is InChI=1S/C54H97NO13/c1-3-5-7-9-11-13-15-17-18-19-20-21-22-23-24-26-27-29-31-33-35-37-43(58)42(55-46(59)38-36-34-32-30-28-25-16-14-12-10-8-6-4-2)41-65-53-51(64)49(62)52(45(40-57)67-53)68-54-50(63)48(61)47(60)44(39-56)66-54/h6,8,12,14,25,28,32,34,42-45,47-54,56-58,60-64H,3-5,7,9-11,13,15-24,26-27,29-31,33,35-41H2,1-2H3,(H,55,59)/b8-6-,14-12-,28-25-,34-32-. The number of amides is 1. The Balaban J connectivity index is 1.81. The summed E-state index contributed by atoms with van der Waals surface area (Å²) in [6.07, 6.45) is 31.4. The van der Waals surface area contributed by atoms with Crippen LogP contribution in [0.15, 0.2) is 48.6 Å². The molecule has 0 radical (unpaired) electrons. The maximum absolute atomic E-state index is 13.1. The monoisotopic (exact) mass is 968 g/mol. The van der Waals surface area contributed by atoms with Crippen molar-refractivity contribution in [2.45, 2.75) is 267 Å². The second-order valence-corrected chi connectivity index (χ2v) is 19.0. The molecule has 12 unspecified atom stereocenters. The lowest BCUT2D eigenvalue weighted by Crippen LogP contribution is -2.65. The number of hydrogen-bond donors (Lipinski definition) is 9. The van der Waals surface area contributed by atoms with E-state index in [2.05, 4.69) is 55.6 Å². The summed E-state index contributed by atoms with van der Waals surface area (Å²) in [5, 5.41) is 86.9. The van der Waals surface area contributed by atoms with E-state index >= 15 is 0 Å². The smallest absolute Gasteiger partial charge is 0.220 e. The van der Waals surface area contributed by atoms with E-state index in [0.29, 0.717) is 12.8 Å². The van der Waals surface area contributed by atoms with E-state index in [1.54, 1.807) is 0 Å². The number of carbonyl (C=O) groups excluding carboxylic acids is 1. The molecule has 12 atom stereocenters. The van der Waals surface area contributed by atoms with Crippen LogP contribution in [0.4, 0.5) is 0 Å². The van der Waals surface area contributed by atoms with Crippen LogP contribution in [0.5, 0.6) is 0 Å².